The van der Waals surface area contributed by atoms with Gasteiger partial charge in [-0.2, -0.15) is 18.4 Å². The molecule has 0 N–H and O–H groups in total. The molecule has 0 fully saturated rings. The highest BCUT2D eigenvalue weighted by Gasteiger charge is 2.47. The van der Waals surface area contributed by atoms with Gasteiger partial charge in [-0.1, -0.05) is 30.3 Å². The van der Waals surface area contributed by atoms with Crippen LogP contribution >= 0.6 is 0 Å². The third-order valence-electron chi connectivity index (χ3n) is 4.65. The molecular weight excluding hydrogens is 385 g/mol. The number of nitriles is 1. The van der Waals surface area contributed by atoms with E-state index in [2.05, 4.69) is 0 Å². The van der Waals surface area contributed by atoms with Gasteiger partial charge in [0.1, 0.15) is 6.54 Å². The summed E-state index contributed by atoms with van der Waals surface area (Å²) in [5, 5.41) is 8.85. The molecule has 5 nitrogen and oxygen atoms in total. The molecule has 2 aromatic rings. The van der Waals surface area contributed by atoms with Crippen molar-refractivity contribution in [2.45, 2.75) is 31.7 Å². The van der Waals surface area contributed by atoms with Gasteiger partial charge in [0.2, 0.25) is 0 Å². The van der Waals surface area contributed by atoms with E-state index in [4.69, 9.17) is 10.00 Å². The highest BCUT2D eigenvalue weighted by molar-refractivity contribution is 5.97. The van der Waals surface area contributed by atoms with Gasteiger partial charge in [-0.15, -0.1) is 0 Å². The minimum Gasteiger partial charge on any atom is -0.445 e. The Morgan fingerprint density at radius 2 is 1.86 bits per heavy atom. The van der Waals surface area contributed by atoms with E-state index in [1.54, 1.807) is 24.3 Å². The second-order valence-electron chi connectivity index (χ2n) is 7.04. The number of esters is 1. The van der Waals surface area contributed by atoms with E-state index >= 15 is 0 Å². The normalized spacial score (nSPS) is 18.4. The molecule has 1 atom stereocenters. The van der Waals surface area contributed by atoms with Crippen LogP contribution in [0.3, 0.4) is 0 Å². The molecule has 150 valence electrons. The van der Waals surface area contributed by atoms with Crippen molar-refractivity contribution < 1.29 is 27.5 Å². The van der Waals surface area contributed by atoms with Crippen molar-refractivity contribution in [1.82, 2.24) is 4.90 Å². The van der Waals surface area contributed by atoms with Crippen LogP contribution in [0.2, 0.25) is 0 Å². The number of rotatable bonds is 4. The van der Waals surface area contributed by atoms with Crippen LogP contribution in [0.15, 0.2) is 48.5 Å². The second kappa shape index (κ2) is 7.59. The van der Waals surface area contributed by atoms with Gasteiger partial charge in [-0.3, -0.25) is 4.79 Å². The minimum absolute atomic E-state index is 0.0184. The highest BCUT2D eigenvalue weighted by atomic mass is 19.4. The minimum atomic E-state index is -4.63. The molecule has 1 aliphatic heterocycles. The number of ether oxygens (including phenoxy) is 1. The lowest BCUT2D eigenvalue weighted by Crippen LogP contribution is -2.54. The Hall–Kier alpha value is -3.34. The molecule has 1 amide bonds. The third kappa shape index (κ3) is 4.57. The number of carbonyl (C=O) groups is 2. The van der Waals surface area contributed by atoms with Gasteiger partial charge in [-0.05, 0) is 36.2 Å². The number of benzene rings is 2. The van der Waals surface area contributed by atoms with Gasteiger partial charge in [0.05, 0.1) is 17.2 Å². The summed E-state index contributed by atoms with van der Waals surface area (Å²) in [5.41, 5.74) is -0.124. The molecule has 0 spiro atoms. The molecule has 0 bridgehead atoms. The van der Waals surface area contributed by atoms with Crippen molar-refractivity contribution in [2.75, 3.05) is 6.54 Å². The molecule has 1 heterocycles. The summed E-state index contributed by atoms with van der Waals surface area (Å²) in [7, 11) is 0. The average Bonchev–Trinajstić information content (AvgIpc) is 2.66. The van der Waals surface area contributed by atoms with E-state index < -0.39 is 30.2 Å². The molecule has 1 unspecified atom stereocenters. The molecule has 1 aliphatic rings. The summed E-state index contributed by atoms with van der Waals surface area (Å²) in [6.45, 7) is -0.495. The lowest BCUT2D eigenvalue weighted by Gasteiger charge is -2.37. The van der Waals surface area contributed by atoms with Gasteiger partial charge in [0.25, 0.3) is 5.91 Å². The fraction of sp³-hybridized carbons (Fsp3) is 0.286. The molecule has 3 rings (SSSR count). The predicted molar refractivity (Wildman–Crippen MR) is 96.6 cm³/mol. The predicted octanol–water partition coefficient (Wildman–Crippen LogP) is 3.62. The van der Waals surface area contributed by atoms with Gasteiger partial charge in [0, 0.05) is 13.0 Å². The Morgan fingerprint density at radius 3 is 2.48 bits per heavy atom. The zero-order valence-electron chi connectivity index (χ0n) is 15.5. The van der Waals surface area contributed by atoms with Crippen molar-refractivity contribution in [3.63, 3.8) is 0 Å². The smallest absolute Gasteiger partial charge is 0.406 e. The third-order valence-corrected chi connectivity index (χ3v) is 4.65. The van der Waals surface area contributed by atoms with Crippen molar-refractivity contribution in [1.29, 1.82) is 5.26 Å². The first-order valence-corrected chi connectivity index (χ1v) is 8.78. The molecule has 0 saturated heterocycles. The van der Waals surface area contributed by atoms with E-state index in [9.17, 15) is 22.8 Å². The van der Waals surface area contributed by atoms with Gasteiger partial charge in [-0.25, -0.2) is 4.79 Å². The van der Waals surface area contributed by atoms with Crippen LogP contribution < -0.4 is 0 Å². The Morgan fingerprint density at radius 1 is 1.21 bits per heavy atom. The highest BCUT2D eigenvalue weighted by Crippen LogP contribution is 2.31. The van der Waals surface area contributed by atoms with E-state index in [0.29, 0.717) is 27.2 Å². The van der Waals surface area contributed by atoms with Gasteiger partial charge >= 0.3 is 12.1 Å². The lowest BCUT2D eigenvalue weighted by molar-refractivity contribution is -0.174. The molecule has 0 aromatic heterocycles. The monoisotopic (exact) mass is 402 g/mol. The number of hydrogen-bond acceptors (Lipinski definition) is 4. The van der Waals surface area contributed by atoms with Crippen molar-refractivity contribution in [3.8, 4) is 6.07 Å². The second-order valence-corrected chi connectivity index (χ2v) is 7.04. The number of hydrogen-bond donors (Lipinski definition) is 0. The molecule has 29 heavy (non-hydrogen) atoms. The number of nitrogens with zero attached hydrogens (tertiary/aromatic N) is 2. The first kappa shape index (κ1) is 20.4. The Labute approximate surface area is 165 Å². The van der Waals surface area contributed by atoms with E-state index in [0.717, 1.165) is 0 Å². The lowest BCUT2D eigenvalue weighted by atomic mass is 9.88. The SMILES string of the molecule is CC1(C(=O)N(Cc2ccc(C#N)cc2)CC(F)(F)F)Cc2ccccc2C(=O)O1. The van der Waals surface area contributed by atoms with Crippen molar-refractivity contribution in [2.24, 2.45) is 0 Å². The van der Waals surface area contributed by atoms with E-state index in [-0.39, 0.29) is 13.0 Å². The molecular formula is C21H17F3N2O3. The fourth-order valence-electron chi connectivity index (χ4n) is 3.31. The maximum atomic E-state index is 13.2. The summed E-state index contributed by atoms with van der Waals surface area (Å²) < 4.78 is 44.7. The first-order chi connectivity index (χ1) is 13.6. The number of alkyl halides is 3. The molecule has 0 radical (unpaired) electrons. The number of fused-ring (bicyclic) bond motifs is 1. The number of amides is 1. The Balaban J connectivity index is 1.89. The molecule has 2 aromatic carbocycles. The largest absolute Gasteiger partial charge is 0.445 e. The quantitative estimate of drug-likeness (QED) is 0.733. The van der Waals surface area contributed by atoms with Crippen LogP contribution in [0.4, 0.5) is 13.2 Å². The molecule has 0 saturated carbocycles. The Kier molecular flexibility index (Phi) is 5.33. The number of carbonyl (C=O) groups excluding carboxylic acids is 2. The van der Waals surface area contributed by atoms with Crippen LogP contribution in [0.5, 0.6) is 0 Å². The fourth-order valence-corrected chi connectivity index (χ4v) is 3.31. The van der Waals surface area contributed by atoms with Crippen LogP contribution in [0.25, 0.3) is 0 Å². The zero-order chi connectivity index (χ0) is 21.2. The standard InChI is InChI=1S/C21H17F3N2O3/c1-20(10-16-4-2-3-5-17(16)18(27)29-20)19(28)26(13-21(22,23)24)12-15-8-6-14(11-25)7-9-15/h2-9H,10,12-13H2,1H3. The zero-order valence-corrected chi connectivity index (χ0v) is 15.5. The topological polar surface area (TPSA) is 70.4 Å². The van der Waals surface area contributed by atoms with Crippen LogP contribution in [0, 0.1) is 11.3 Å². The number of cyclic esters (lactones) is 1. The summed E-state index contributed by atoms with van der Waals surface area (Å²) in [5.74, 6) is -1.67. The first-order valence-electron chi connectivity index (χ1n) is 8.78. The molecule has 8 heteroatoms. The van der Waals surface area contributed by atoms with Crippen LogP contribution in [-0.4, -0.2) is 35.1 Å². The summed E-state index contributed by atoms with van der Waals surface area (Å²) in [4.78, 5) is 26.0. The average molecular weight is 402 g/mol. The van der Waals surface area contributed by atoms with Crippen molar-refractivity contribution in [3.05, 3.63) is 70.8 Å². The maximum Gasteiger partial charge on any atom is 0.406 e. The summed E-state index contributed by atoms with van der Waals surface area (Å²) in [6.07, 6.45) is -4.65. The van der Waals surface area contributed by atoms with Crippen LogP contribution in [0.1, 0.15) is 34.0 Å². The molecule has 0 aliphatic carbocycles. The van der Waals surface area contributed by atoms with Gasteiger partial charge in [0.15, 0.2) is 5.60 Å². The van der Waals surface area contributed by atoms with Gasteiger partial charge < -0.3 is 9.64 Å². The summed E-state index contributed by atoms with van der Waals surface area (Å²) in [6, 6.07) is 14.3. The van der Waals surface area contributed by atoms with Crippen molar-refractivity contribution >= 4 is 11.9 Å². The Bertz CT molecular complexity index is 980. The summed E-state index contributed by atoms with van der Waals surface area (Å²) >= 11 is 0. The van der Waals surface area contributed by atoms with E-state index in [1.807, 2.05) is 6.07 Å². The maximum absolute atomic E-state index is 13.2. The van der Waals surface area contributed by atoms with E-state index in [1.165, 1.54) is 31.2 Å². The van der Waals surface area contributed by atoms with Crippen LogP contribution in [-0.2, 0) is 22.5 Å². The number of halogens is 3.